The molecule has 0 aliphatic carbocycles. The van der Waals surface area contributed by atoms with Gasteiger partial charge in [0, 0.05) is 6.20 Å². The van der Waals surface area contributed by atoms with E-state index in [9.17, 15) is 13.6 Å². The predicted octanol–water partition coefficient (Wildman–Crippen LogP) is 3.36. The van der Waals surface area contributed by atoms with Crippen molar-refractivity contribution < 1.29 is 13.6 Å². The van der Waals surface area contributed by atoms with Gasteiger partial charge < -0.3 is 0 Å². The summed E-state index contributed by atoms with van der Waals surface area (Å²) in [4.78, 5) is 14.4. The van der Waals surface area contributed by atoms with E-state index < -0.39 is 22.4 Å². The number of aryl methyl sites for hydroxylation is 1. The van der Waals surface area contributed by atoms with Crippen molar-refractivity contribution in [3.05, 3.63) is 28.0 Å². The first-order valence-corrected chi connectivity index (χ1v) is 4.33. The number of alkyl halides is 2. The zero-order chi connectivity index (χ0) is 10.9. The molecule has 0 fully saturated rings. The van der Waals surface area contributed by atoms with Crippen LogP contribution in [0.4, 0.5) is 8.78 Å². The molecule has 0 bridgehead atoms. The Balaban J connectivity index is 3.50. The van der Waals surface area contributed by atoms with Crippen molar-refractivity contribution in [2.24, 2.45) is 0 Å². The lowest BCUT2D eigenvalue weighted by molar-refractivity contribution is 0.106. The van der Waals surface area contributed by atoms with Crippen LogP contribution < -0.4 is 0 Å². The Morgan fingerprint density at radius 3 is 2.50 bits per heavy atom. The predicted molar refractivity (Wildman–Crippen MR) is 49.1 cm³/mol. The molecule has 0 saturated heterocycles. The van der Waals surface area contributed by atoms with E-state index in [0.717, 1.165) is 0 Å². The van der Waals surface area contributed by atoms with Crippen LogP contribution in [0.2, 0.25) is 5.15 Å². The third-order valence-electron chi connectivity index (χ3n) is 1.67. The van der Waals surface area contributed by atoms with E-state index in [4.69, 9.17) is 23.2 Å². The molecule has 0 saturated carbocycles. The van der Waals surface area contributed by atoms with Crippen molar-refractivity contribution in [3.63, 3.8) is 0 Å². The van der Waals surface area contributed by atoms with Gasteiger partial charge in [-0.25, -0.2) is 13.8 Å². The molecular weight excluding hydrogens is 235 g/mol. The van der Waals surface area contributed by atoms with Crippen molar-refractivity contribution >= 4 is 28.4 Å². The number of aromatic nitrogens is 1. The summed E-state index contributed by atoms with van der Waals surface area (Å²) < 4.78 is 25.0. The zero-order valence-corrected chi connectivity index (χ0v) is 8.53. The number of carbonyl (C=O) groups excluding carboxylic acids is 1. The van der Waals surface area contributed by atoms with Gasteiger partial charge in [-0.3, -0.25) is 4.79 Å². The Hall–Kier alpha value is -0.740. The van der Waals surface area contributed by atoms with Crippen LogP contribution in [0.5, 0.6) is 0 Å². The zero-order valence-electron chi connectivity index (χ0n) is 7.02. The van der Waals surface area contributed by atoms with Crippen LogP contribution in [0.25, 0.3) is 0 Å². The molecule has 1 heterocycles. The minimum Gasteiger partial charge on any atom is -0.276 e. The van der Waals surface area contributed by atoms with Gasteiger partial charge in [-0.15, -0.1) is 0 Å². The molecule has 76 valence electrons. The van der Waals surface area contributed by atoms with Crippen LogP contribution in [0, 0.1) is 6.92 Å². The maximum atomic E-state index is 12.5. The fourth-order valence-corrected chi connectivity index (χ4v) is 1.54. The molecule has 0 N–H and O–H groups in total. The van der Waals surface area contributed by atoms with Crippen LogP contribution in [0.3, 0.4) is 0 Å². The highest BCUT2D eigenvalue weighted by Gasteiger charge is 2.23. The van der Waals surface area contributed by atoms with Crippen LogP contribution in [-0.4, -0.2) is 10.2 Å². The highest BCUT2D eigenvalue weighted by molar-refractivity contribution is 6.68. The summed E-state index contributed by atoms with van der Waals surface area (Å²) in [5, 5.41) is -1.35. The Morgan fingerprint density at radius 1 is 1.57 bits per heavy atom. The average Bonchev–Trinajstić information content (AvgIpc) is 2.07. The maximum Gasteiger partial charge on any atom is 0.267 e. The first-order valence-electron chi connectivity index (χ1n) is 3.58. The van der Waals surface area contributed by atoms with Gasteiger partial charge in [0.15, 0.2) is 0 Å². The van der Waals surface area contributed by atoms with Gasteiger partial charge in [0.2, 0.25) is 0 Å². The van der Waals surface area contributed by atoms with Gasteiger partial charge in [-0.2, -0.15) is 0 Å². The SMILES string of the molecule is Cc1cnc(Cl)c(C(F)F)c1C(=O)Cl. The molecule has 0 aliphatic heterocycles. The fourth-order valence-electron chi connectivity index (χ4n) is 1.06. The normalized spacial score (nSPS) is 10.7. The number of hydrogen-bond acceptors (Lipinski definition) is 2. The Morgan fingerprint density at radius 2 is 2.14 bits per heavy atom. The lowest BCUT2D eigenvalue weighted by Gasteiger charge is -2.08. The van der Waals surface area contributed by atoms with E-state index in [1.807, 2.05) is 0 Å². The second-order valence-electron chi connectivity index (χ2n) is 2.60. The number of hydrogen-bond donors (Lipinski definition) is 0. The summed E-state index contributed by atoms with van der Waals surface area (Å²) in [5.74, 6) is 0. The van der Waals surface area contributed by atoms with Gasteiger partial charge in [-0.05, 0) is 24.1 Å². The number of pyridine rings is 1. The minimum absolute atomic E-state index is 0.262. The molecule has 0 atom stereocenters. The molecule has 6 heteroatoms. The fraction of sp³-hybridized carbons (Fsp3) is 0.250. The highest BCUT2D eigenvalue weighted by atomic mass is 35.5. The number of rotatable bonds is 2. The summed E-state index contributed by atoms with van der Waals surface area (Å²) in [6.45, 7) is 1.46. The third-order valence-corrected chi connectivity index (χ3v) is 2.16. The first kappa shape index (κ1) is 11.3. The van der Waals surface area contributed by atoms with Gasteiger partial charge >= 0.3 is 0 Å². The van der Waals surface area contributed by atoms with Gasteiger partial charge in [-0.1, -0.05) is 11.6 Å². The largest absolute Gasteiger partial charge is 0.276 e. The molecule has 1 aromatic heterocycles. The third kappa shape index (κ3) is 2.01. The number of halogens is 4. The van der Waals surface area contributed by atoms with Crippen molar-refractivity contribution in [3.8, 4) is 0 Å². The molecular formula is C8H5Cl2F2NO. The Labute approximate surface area is 88.8 Å². The lowest BCUT2D eigenvalue weighted by Crippen LogP contribution is -2.04. The van der Waals surface area contributed by atoms with E-state index in [1.54, 1.807) is 0 Å². The minimum atomic E-state index is -2.87. The van der Waals surface area contributed by atoms with E-state index >= 15 is 0 Å². The summed E-state index contributed by atoms with van der Waals surface area (Å²) in [6, 6.07) is 0. The second kappa shape index (κ2) is 4.19. The van der Waals surface area contributed by atoms with Crippen molar-refractivity contribution in [2.75, 3.05) is 0 Å². The van der Waals surface area contributed by atoms with E-state index in [-0.39, 0.29) is 11.1 Å². The summed E-state index contributed by atoms with van der Waals surface area (Å²) in [7, 11) is 0. The second-order valence-corrected chi connectivity index (χ2v) is 3.30. The first-order chi connectivity index (χ1) is 6.45. The van der Waals surface area contributed by atoms with Crippen molar-refractivity contribution in [1.82, 2.24) is 4.98 Å². The lowest BCUT2D eigenvalue weighted by atomic mass is 10.1. The standard InChI is InChI=1S/C8H5Cl2F2NO/c1-3-2-13-6(9)5(8(11)12)4(3)7(10)14/h2,8H,1H3. The van der Waals surface area contributed by atoms with E-state index in [2.05, 4.69) is 4.98 Å². The smallest absolute Gasteiger partial charge is 0.267 e. The monoisotopic (exact) mass is 239 g/mol. The molecule has 1 rings (SSSR count). The van der Waals surface area contributed by atoms with Crippen LogP contribution >= 0.6 is 23.2 Å². The molecule has 0 unspecified atom stereocenters. The van der Waals surface area contributed by atoms with Crippen LogP contribution in [0.15, 0.2) is 6.20 Å². The average molecular weight is 240 g/mol. The summed E-state index contributed by atoms with van der Waals surface area (Å²) in [6.07, 6.45) is -1.64. The van der Waals surface area contributed by atoms with Gasteiger partial charge in [0.25, 0.3) is 11.7 Å². The molecule has 0 aliphatic rings. The molecule has 0 amide bonds. The Kier molecular flexibility index (Phi) is 3.39. The van der Waals surface area contributed by atoms with Gasteiger partial charge in [0.1, 0.15) is 5.15 Å². The molecule has 14 heavy (non-hydrogen) atoms. The number of carbonyl (C=O) groups is 1. The van der Waals surface area contributed by atoms with Gasteiger partial charge in [0.05, 0.1) is 11.1 Å². The van der Waals surface area contributed by atoms with E-state index in [0.29, 0.717) is 0 Å². The Bertz CT molecular complexity index is 382. The quantitative estimate of drug-likeness (QED) is 0.586. The van der Waals surface area contributed by atoms with Crippen LogP contribution in [0.1, 0.15) is 27.9 Å². The molecule has 0 radical (unpaired) electrons. The molecule has 0 aromatic carbocycles. The molecule has 1 aromatic rings. The maximum absolute atomic E-state index is 12.5. The summed E-state index contributed by atoms with van der Waals surface area (Å²) >= 11 is 10.6. The summed E-state index contributed by atoms with van der Waals surface area (Å²) in [5.41, 5.74) is -0.585. The van der Waals surface area contributed by atoms with Crippen molar-refractivity contribution in [2.45, 2.75) is 13.3 Å². The van der Waals surface area contributed by atoms with Crippen molar-refractivity contribution in [1.29, 1.82) is 0 Å². The topological polar surface area (TPSA) is 30.0 Å². The molecule has 2 nitrogen and oxygen atoms in total. The number of nitrogens with zero attached hydrogens (tertiary/aromatic N) is 1. The molecule has 0 spiro atoms. The van der Waals surface area contributed by atoms with Crippen LogP contribution in [-0.2, 0) is 0 Å². The van der Waals surface area contributed by atoms with E-state index in [1.165, 1.54) is 13.1 Å². The highest BCUT2D eigenvalue weighted by Crippen LogP contribution is 2.31.